The molecule has 5 heteroatoms. The Kier molecular flexibility index (Phi) is 5.34. The van der Waals surface area contributed by atoms with Gasteiger partial charge in [0.25, 0.3) is 10.1 Å². The lowest BCUT2D eigenvalue weighted by atomic mass is 10.4. The van der Waals surface area contributed by atoms with Crippen molar-refractivity contribution >= 4 is 20.1 Å². The van der Waals surface area contributed by atoms with Gasteiger partial charge in [-0.3, -0.25) is 4.55 Å². The predicted octanol–water partition coefficient (Wildman–Crippen LogP) is 2.24. The van der Waals surface area contributed by atoms with Crippen molar-refractivity contribution in [2.75, 3.05) is 25.0 Å². The zero-order valence-electron chi connectivity index (χ0n) is 9.47. The number of hydrogen-bond donors (Lipinski definition) is 1. The van der Waals surface area contributed by atoms with E-state index >= 15 is 0 Å². The van der Waals surface area contributed by atoms with Crippen molar-refractivity contribution in [3.63, 3.8) is 0 Å². The molecular weight excluding hydrogens is 232 g/mol. The molecule has 1 aromatic carbocycles. The number of rotatable bonds is 1. The van der Waals surface area contributed by atoms with E-state index < -0.39 is 20.1 Å². The maximum Gasteiger partial charge on any atom is 0.261 e. The highest BCUT2D eigenvalue weighted by atomic mass is 32.3. The smallest absolute Gasteiger partial charge is 0.261 e. The minimum Gasteiger partial charge on any atom is -0.286 e. The van der Waals surface area contributed by atoms with Gasteiger partial charge in [0.05, 0.1) is 6.26 Å². The van der Waals surface area contributed by atoms with Crippen LogP contribution < -0.4 is 0 Å². The lowest BCUT2D eigenvalue weighted by molar-refractivity contribution is 0.490. The monoisotopic (exact) mass is 250 g/mol. The van der Waals surface area contributed by atoms with Gasteiger partial charge in [-0.2, -0.15) is 8.42 Å². The first-order chi connectivity index (χ1) is 6.61. The van der Waals surface area contributed by atoms with Crippen molar-refractivity contribution in [3.05, 3.63) is 30.3 Å². The van der Waals surface area contributed by atoms with Crippen molar-refractivity contribution in [1.82, 2.24) is 0 Å². The molecule has 0 bridgehead atoms. The van der Waals surface area contributed by atoms with Crippen LogP contribution in [0.4, 0.5) is 0 Å². The summed E-state index contributed by atoms with van der Waals surface area (Å²) in [4.78, 5) is 1.48. The Morgan fingerprint density at radius 2 is 1.27 bits per heavy atom. The summed E-state index contributed by atoms with van der Waals surface area (Å²) in [7, 11) is -4.17. The molecule has 1 rings (SSSR count). The Balaban J connectivity index is 0.000000336. The molecule has 1 aromatic rings. The molecule has 0 aromatic heterocycles. The van der Waals surface area contributed by atoms with Crippen LogP contribution in [0, 0.1) is 0 Å². The fourth-order valence-electron chi connectivity index (χ4n) is 0.829. The molecule has 0 saturated carbocycles. The number of hydrogen-bond acceptors (Lipinski definition) is 2. The van der Waals surface area contributed by atoms with Gasteiger partial charge in [-0.15, -0.1) is 0 Å². The van der Waals surface area contributed by atoms with Crippen LogP contribution in [0.15, 0.2) is 35.2 Å². The Morgan fingerprint density at radius 1 is 0.933 bits per heavy atom. The molecule has 1 N–H and O–H groups in total. The van der Waals surface area contributed by atoms with Crippen LogP contribution in [0.5, 0.6) is 0 Å². The summed E-state index contributed by atoms with van der Waals surface area (Å²) in [5, 5.41) is 0. The highest BCUT2D eigenvalue weighted by molar-refractivity contribution is 8.32. The molecule has 0 saturated heterocycles. The van der Waals surface area contributed by atoms with Gasteiger partial charge in [-0.25, -0.2) is 10.0 Å². The maximum atomic E-state index is 9.19. The van der Waals surface area contributed by atoms with E-state index in [0.717, 1.165) is 0 Å². The first kappa shape index (κ1) is 14.5. The van der Waals surface area contributed by atoms with Gasteiger partial charge < -0.3 is 0 Å². The Bertz CT molecular complexity index is 369. The molecule has 15 heavy (non-hydrogen) atoms. The molecule has 0 aliphatic rings. The normalized spacial score (nSPS) is 12.6. The molecule has 0 aliphatic carbocycles. The third-order valence-corrected chi connectivity index (χ3v) is 3.14. The van der Waals surface area contributed by atoms with Gasteiger partial charge in [0.1, 0.15) is 0 Å². The van der Waals surface area contributed by atoms with Gasteiger partial charge in [0, 0.05) is 0 Å². The lowest BCUT2D eigenvalue weighted by Gasteiger charge is -2.25. The molecule has 0 amide bonds. The van der Waals surface area contributed by atoms with Gasteiger partial charge in [0.15, 0.2) is 0 Å². The van der Waals surface area contributed by atoms with Crippen LogP contribution in [0.1, 0.15) is 0 Å². The van der Waals surface area contributed by atoms with E-state index in [9.17, 15) is 8.42 Å². The Labute approximate surface area is 93.6 Å². The predicted molar refractivity (Wildman–Crippen MR) is 67.5 cm³/mol. The first-order valence-electron chi connectivity index (χ1n) is 4.26. The molecular formula is C10H18O3S2. The van der Waals surface area contributed by atoms with Gasteiger partial charge in [-0.05, 0) is 23.7 Å². The zero-order chi connectivity index (χ0) is 12.1. The fraction of sp³-hybridized carbons (Fsp3) is 0.400. The van der Waals surface area contributed by atoms with Gasteiger partial charge in [-0.1, -0.05) is 30.3 Å². The average molecular weight is 250 g/mol. The highest BCUT2D eigenvalue weighted by Crippen LogP contribution is 2.44. The summed E-state index contributed by atoms with van der Waals surface area (Å²) < 4.78 is 25.9. The zero-order valence-corrected chi connectivity index (χ0v) is 11.1. The molecule has 0 atom stereocenters. The van der Waals surface area contributed by atoms with Crippen molar-refractivity contribution < 1.29 is 13.0 Å². The number of benzene rings is 1. The molecule has 0 fully saturated rings. The quantitative estimate of drug-likeness (QED) is 0.778. The minimum absolute atomic E-state index is 0.503. The molecule has 0 heterocycles. The molecule has 0 radical (unpaired) electrons. The maximum absolute atomic E-state index is 9.19. The van der Waals surface area contributed by atoms with Crippen molar-refractivity contribution in [2.24, 2.45) is 0 Å². The summed E-state index contributed by atoms with van der Waals surface area (Å²) in [5.74, 6) is 0. The average Bonchev–Trinajstić information content (AvgIpc) is 2.01. The summed E-state index contributed by atoms with van der Waals surface area (Å²) >= 11 is 0. The van der Waals surface area contributed by atoms with Crippen molar-refractivity contribution in [1.29, 1.82) is 0 Å². The van der Waals surface area contributed by atoms with Crippen LogP contribution >= 0.6 is 10.0 Å². The summed E-state index contributed by atoms with van der Waals surface area (Å²) in [6.07, 6.45) is 7.64. The molecule has 0 unspecified atom stereocenters. The minimum atomic E-state index is -3.67. The second kappa shape index (κ2) is 5.53. The Morgan fingerprint density at radius 3 is 1.47 bits per heavy atom. The van der Waals surface area contributed by atoms with E-state index in [1.165, 1.54) is 4.90 Å². The van der Waals surface area contributed by atoms with E-state index in [2.05, 4.69) is 49.1 Å². The largest absolute Gasteiger partial charge is 0.286 e. The molecule has 3 nitrogen and oxygen atoms in total. The van der Waals surface area contributed by atoms with Gasteiger partial charge >= 0.3 is 0 Å². The van der Waals surface area contributed by atoms with E-state index in [1.54, 1.807) is 0 Å². The van der Waals surface area contributed by atoms with Gasteiger partial charge in [0.2, 0.25) is 0 Å². The van der Waals surface area contributed by atoms with Crippen LogP contribution in [0.25, 0.3) is 0 Å². The topological polar surface area (TPSA) is 54.4 Å². The molecule has 88 valence electrons. The fourth-order valence-corrected chi connectivity index (χ4v) is 1.80. The highest BCUT2D eigenvalue weighted by Gasteiger charge is 2.04. The standard InChI is InChI=1S/C9H14S.CH4O3S/c1-10(2,3)9-7-5-4-6-8-9;1-5(2,3)4/h4-8H,1-3H3;1H3,(H,2,3,4). The second-order valence-corrected chi connectivity index (χ2v) is 9.49. The van der Waals surface area contributed by atoms with Crippen molar-refractivity contribution in [2.45, 2.75) is 4.90 Å². The molecule has 0 spiro atoms. The van der Waals surface area contributed by atoms with Crippen LogP contribution in [-0.4, -0.2) is 38.0 Å². The van der Waals surface area contributed by atoms with E-state index in [1.807, 2.05) is 0 Å². The Hall–Kier alpha value is -0.520. The van der Waals surface area contributed by atoms with E-state index in [0.29, 0.717) is 6.26 Å². The summed E-state index contributed by atoms with van der Waals surface area (Å²) in [6.45, 7) is 0. The second-order valence-electron chi connectivity index (χ2n) is 3.88. The van der Waals surface area contributed by atoms with Crippen LogP contribution in [-0.2, 0) is 10.1 Å². The third kappa shape index (κ3) is 9.78. The molecule has 0 aliphatic heterocycles. The van der Waals surface area contributed by atoms with Crippen LogP contribution in [0.2, 0.25) is 0 Å². The first-order valence-corrected chi connectivity index (χ1v) is 8.97. The lowest BCUT2D eigenvalue weighted by Crippen LogP contribution is -1.91. The van der Waals surface area contributed by atoms with E-state index in [-0.39, 0.29) is 0 Å². The van der Waals surface area contributed by atoms with E-state index in [4.69, 9.17) is 4.55 Å². The summed E-state index contributed by atoms with van der Waals surface area (Å²) in [5.41, 5.74) is 0. The van der Waals surface area contributed by atoms with Crippen molar-refractivity contribution in [3.8, 4) is 0 Å². The SMILES string of the molecule is CS(=O)(=O)O.CS(C)(C)c1ccccc1. The van der Waals surface area contributed by atoms with Crippen LogP contribution in [0.3, 0.4) is 0 Å². The summed E-state index contributed by atoms with van der Waals surface area (Å²) in [6, 6.07) is 10.7. The third-order valence-electron chi connectivity index (χ3n) is 1.45.